The SMILES string of the molecule is CCNC(=NCc1ccc(N2CCC(CO)CC2)cc1)NCCCN1CCCCCC1.I. The first-order valence-electron chi connectivity index (χ1n) is 12.5. The summed E-state index contributed by atoms with van der Waals surface area (Å²) in [6.07, 6.45) is 8.83. The number of guanidine groups is 1. The fourth-order valence-corrected chi connectivity index (χ4v) is 4.57. The van der Waals surface area contributed by atoms with Gasteiger partial charge in [-0.25, -0.2) is 4.99 Å². The Hall–Kier alpha value is -1.06. The number of likely N-dealkylation sites (tertiary alicyclic amines) is 1. The highest BCUT2D eigenvalue weighted by atomic mass is 127. The van der Waals surface area contributed by atoms with E-state index in [-0.39, 0.29) is 24.0 Å². The lowest BCUT2D eigenvalue weighted by Crippen LogP contribution is -2.39. The van der Waals surface area contributed by atoms with E-state index in [9.17, 15) is 5.11 Å². The molecule has 7 heteroatoms. The molecular weight excluding hydrogens is 513 g/mol. The maximum atomic E-state index is 9.32. The van der Waals surface area contributed by atoms with Crippen LogP contribution in [0.1, 0.15) is 57.4 Å². The molecule has 182 valence electrons. The molecule has 0 unspecified atom stereocenters. The van der Waals surface area contributed by atoms with E-state index in [2.05, 4.69) is 51.6 Å². The molecule has 0 atom stereocenters. The van der Waals surface area contributed by atoms with E-state index in [0.717, 1.165) is 51.4 Å². The fourth-order valence-electron chi connectivity index (χ4n) is 4.57. The number of benzene rings is 1. The molecule has 1 aromatic carbocycles. The van der Waals surface area contributed by atoms with E-state index in [1.54, 1.807) is 0 Å². The van der Waals surface area contributed by atoms with Crippen molar-refractivity contribution in [2.24, 2.45) is 10.9 Å². The lowest BCUT2D eigenvalue weighted by Gasteiger charge is -2.32. The lowest BCUT2D eigenvalue weighted by molar-refractivity contribution is 0.203. The summed E-state index contributed by atoms with van der Waals surface area (Å²) in [6, 6.07) is 8.82. The van der Waals surface area contributed by atoms with Crippen LogP contribution in [-0.4, -0.2) is 68.4 Å². The highest BCUT2D eigenvalue weighted by Crippen LogP contribution is 2.23. The van der Waals surface area contributed by atoms with Gasteiger partial charge < -0.3 is 25.5 Å². The lowest BCUT2D eigenvalue weighted by atomic mass is 9.97. The fraction of sp³-hybridized carbons (Fsp3) is 0.720. The van der Waals surface area contributed by atoms with Crippen molar-refractivity contribution in [2.75, 3.05) is 57.3 Å². The number of anilines is 1. The molecule has 0 spiro atoms. The van der Waals surface area contributed by atoms with Gasteiger partial charge >= 0.3 is 0 Å². The molecule has 1 aromatic rings. The second kappa shape index (κ2) is 15.7. The van der Waals surface area contributed by atoms with Crippen LogP contribution in [0.15, 0.2) is 29.3 Å². The minimum atomic E-state index is 0. The predicted octanol–water partition coefficient (Wildman–Crippen LogP) is 3.83. The second-order valence-electron chi connectivity index (χ2n) is 9.01. The molecule has 2 aliphatic heterocycles. The number of piperidine rings is 1. The summed E-state index contributed by atoms with van der Waals surface area (Å²) in [5, 5.41) is 16.2. The average Bonchev–Trinajstić information content (AvgIpc) is 3.09. The third-order valence-corrected chi connectivity index (χ3v) is 6.58. The highest BCUT2D eigenvalue weighted by Gasteiger charge is 2.18. The second-order valence-corrected chi connectivity index (χ2v) is 9.01. The van der Waals surface area contributed by atoms with Crippen molar-refractivity contribution in [1.82, 2.24) is 15.5 Å². The molecule has 0 bridgehead atoms. The van der Waals surface area contributed by atoms with Crippen molar-refractivity contribution in [3.8, 4) is 0 Å². The van der Waals surface area contributed by atoms with Crippen LogP contribution in [0.5, 0.6) is 0 Å². The predicted molar refractivity (Wildman–Crippen MR) is 146 cm³/mol. The number of nitrogens with zero attached hydrogens (tertiary/aromatic N) is 3. The van der Waals surface area contributed by atoms with Crippen molar-refractivity contribution in [2.45, 2.75) is 58.4 Å². The monoisotopic (exact) mass is 557 g/mol. The zero-order chi connectivity index (χ0) is 21.7. The van der Waals surface area contributed by atoms with Crippen molar-refractivity contribution >= 4 is 35.6 Å². The average molecular weight is 558 g/mol. The summed E-state index contributed by atoms with van der Waals surface area (Å²) in [5.74, 6) is 1.39. The Labute approximate surface area is 212 Å². The molecule has 0 aliphatic carbocycles. The Morgan fingerprint density at radius 2 is 1.69 bits per heavy atom. The number of hydrogen-bond acceptors (Lipinski definition) is 4. The summed E-state index contributed by atoms with van der Waals surface area (Å²) >= 11 is 0. The molecule has 2 saturated heterocycles. The van der Waals surface area contributed by atoms with Crippen LogP contribution in [-0.2, 0) is 6.54 Å². The maximum absolute atomic E-state index is 9.32. The third-order valence-electron chi connectivity index (χ3n) is 6.58. The van der Waals surface area contributed by atoms with Crippen LogP contribution >= 0.6 is 24.0 Å². The summed E-state index contributed by atoms with van der Waals surface area (Å²) < 4.78 is 0. The first kappa shape index (κ1) is 27.2. The van der Waals surface area contributed by atoms with Crippen LogP contribution in [0.3, 0.4) is 0 Å². The van der Waals surface area contributed by atoms with Gasteiger partial charge in [-0.05, 0) is 82.3 Å². The zero-order valence-corrected chi connectivity index (χ0v) is 22.2. The van der Waals surface area contributed by atoms with Crippen LogP contribution in [0.4, 0.5) is 5.69 Å². The van der Waals surface area contributed by atoms with Crippen molar-refractivity contribution in [1.29, 1.82) is 0 Å². The minimum Gasteiger partial charge on any atom is -0.396 e. The molecule has 0 aromatic heterocycles. The molecule has 2 fully saturated rings. The van der Waals surface area contributed by atoms with Gasteiger partial charge in [-0.1, -0.05) is 25.0 Å². The first-order chi connectivity index (χ1) is 15.3. The molecule has 0 saturated carbocycles. The summed E-state index contributed by atoms with van der Waals surface area (Å²) in [6.45, 7) is 10.8. The van der Waals surface area contributed by atoms with E-state index < -0.39 is 0 Å². The van der Waals surface area contributed by atoms with Gasteiger partial charge in [0.25, 0.3) is 0 Å². The van der Waals surface area contributed by atoms with Crippen molar-refractivity contribution in [3.63, 3.8) is 0 Å². The first-order valence-corrected chi connectivity index (χ1v) is 12.5. The normalized spacial score (nSPS) is 18.7. The van der Waals surface area contributed by atoms with E-state index >= 15 is 0 Å². The van der Waals surface area contributed by atoms with Gasteiger partial charge in [0.05, 0.1) is 6.54 Å². The summed E-state index contributed by atoms with van der Waals surface area (Å²) in [4.78, 5) is 9.83. The van der Waals surface area contributed by atoms with Gasteiger partial charge in [0.15, 0.2) is 5.96 Å². The number of halogens is 1. The van der Waals surface area contributed by atoms with Gasteiger partial charge in [-0.15, -0.1) is 24.0 Å². The number of aliphatic imine (C=N–C) groups is 1. The van der Waals surface area contributed by atoms with Gasteiger partial charge in [0, 0.05) is 38.5 Å². The van der Waals surface area contributed by atoms with Gasteiger partial charge in [-0.3, -0.25) is 0 Å². The van der Waals surface area contributed by atoms with E-state index in [4.69, 9.17) is 4.99 Å². The Balaban J connectivity index is 0.00000363. The Bertz CT molecular complexity index is 638. The van der Waals surface area contributed by atoms with Gasteiger partial charge in [0.1, 0.15) is 0 Å². The molecular formula is C25H44IN5O. The van der Waals surface area contributed by atoms with Gasteiger partial charge in [-0.2, -0.15) is 0 Å². The largest absolute Gasteiger partial charge is 0.396 e. The van der Waals surface area contributed by atoms with Crippen molar-refractivity contribution in [3.05, 3.63) is 29.8 Å². The highest BCUT2D eigenvalue weighted by molar-refractivity contribution is 14.0. The smallest absolute Gasteiger partial charge is 0.191 e. The Morgan fingerprint density at radius 3 is 2.31 bits per heavy atom. The van der Waals surface area contributed by atoms with Crippen LogP contribution in [0.25, 0.3) is 0 Å². The van der Waals surface area contributed by atoms with Crippen LogP contribution in [0, 0.1) is 5.92 Å². The van der Waals surface area contributed by atoms with Crippen LogP contribution < -0.4 is 15.5 Å². The van der Waals surface area contributed by atoms with E-state index in [1.807, 2.05) is 0 Å². The van der Waals surface area contributed by atoms with E-state index in [0.29, 0.717) is 19.1 Å². The topological polar surface area (TPSA) is 63.1 Å². The Kier molecular flexibility index (Phi) is 13.4. The molecule has 0 radical (unpaired) electrons. The molecule has 0 amide bonds. The molecule has 2 aliphatic rings. The van der Waals surface area contributed by atoms with E-state index in [1.165, 1.54) is 56.6 Å². The minimum absolute atomic E-state index is 0. The quantitative estimate of drug-likeness (QED) is 0.187. The number of hydrogen-bond donors (Lipinski definition) is 3. The maximum Gasteiger partial charge on any atom is 0.191 e. The summed E-state index contributed by atoms with van der Waals surface area (Å²) in [7, 11) is 0. The van der Waals surface area contributed by atoms with Crippen molar-refractivity contribution < 1.29 is 5.11 Å². The molecule has 3 N–H and O–H groups in total. The number of rotatable bonds is 9. The molecule has 3 rings (SSSR count). The Morgan fingerprint density at radius 1 is 1.00 bits per heavy atom. The number of aliphatic hydroxyl groups excluding tert-OH is 1. The van der Waals surface area contributed by atoms with Gasteiger partial charge in [0.2, 0.25) is 0 Å². The standard InChI is InChI=1S/C25H43N5O.HI/c1-2-26-25(27-14-7-17-29-15-5-3-4-6-16-29)28-20-22-8-10-24(11-9-22)30-18-12-23(21-31)13-19-30;/h8-11,23,31H,2-7,12-21H2,1H3,(H2,26,27,28);1H. The molecule has 2 heterocycles. The third kappa shape index (κ3) is 9.43. The summed E-state index contributed by atoms with van der Waals surface area (Å²) in [5.41, 5.74) is 2.51. The van der Waals surface area contributed by atoms with Crippen LogP contribution in [0.2, 0.25) is 0 Å². The molecule has 32 heavy (non-hydrogen) atoms. The number of aliphatic hydroxyl groups is 1. The molecule has 6 nitrogen and oxygen atoms in total. The zero-order valence-electron chi connectivity index (χ0n) is 19.9. The number of nitrogens with one attached hydrogen (secondary N) is 2.